The molecule has 1 aliphatic heterocycles. The summed E-state index contributed by atoms with van der Waals surface area (Å²) in [6, 6.07) is 27.7. The number of nitrogens with zero attached hydrogens (tertiary/aromatic N) is 3. The fraction of sp³-hybridized carbons (Fsp3) is 0.192. The van der Waals surface area contributed by atoms with E-state index < -0.39 is 0 Å². The van der Waals surface area contributed by atoms with Crippen molar-refractivity contribution in [3.05, 3.63) is 96.1 Å². The molecule has 154 valence electrons. The number of carbonyl (C=O) groups excluding carboxylic acids is 1. The van der Waals surface area contributed by atoms with Gasteiger partial charge in [0.2, 0.25) is 11.8 Å². The Hall–Kier alpha value is -3.73. The summed E-state index contributed by atoms with van der Waals surface area (Å²) in [4.78, 5) is 14.9. The van der Waals surface area contributed by atoms with Crippen LogP contribution >= 0.6 is 0 Å². The maximum Gasteiger partial charge on any atom is 0.253 e. The summed E-state index contributed by atoms with van der Waals surface area (Å²) in [6.07, 6.45) is 2.00. The number of carbonyl (C=O) groups is 1. The van der Waals surface area contributed by atoms with E-state index in [0.717, 1.165) is 37.1 Å². The topological polar surface area (TPSA) is 59.2 Å². The molecule has 1 amide bonds. The van der Waals surface area contributed by atoms with Gasteiger partial charge in [0.1, 0.15) is 0 Å². The zero-order valence-corrected chi connectivity index (χ0v) is 17.1. The first kappa shape index (κ1) is 19.2. The van der Waals surface area contributed by atoms with E-state index in [-0.39, 0.29) is 5.91 Å². The molecule has 0 unspecified atom stereocenters. The van der Waals surface area contributed by atoms with Crippen LogP contribution in [-0.2, 0) is 0 Å². The molecule has 0 atom stereocenters. The lowest BCUT2D eigenvalue weighted by Gasteiger charge is -2.32. The fourth-order valence-electron chi connectivity index (χ4n) is 4.12. The van der Waals surface area contributed by atoms with Crippen molar-refractivity contribution in [2.45, 2.75) is 18.8 Å². The molecule has 0 radical (unpaired) electrons. The third-order valence-electron chi connectivity index (χ3n) is 5.88. The van der Waals surface area contributed by atoms with E-state index >= 15 is 0 Å². The highest BCUT2D eigenvalue weighted by molar-refractivity contribution is 5.94. The highest BCUT2D eigenvalue weighted by Crippen LogP contribution is 2.29. The van der Waals surface area contributed by atoms with Crippen LogP contribution in [0.1, 0.15) is 34.7 Å². The van der Waals surface area contributed by atoms with E-state index in [0.29, 0.717) is 23.3 Å². The van der Waals surface area contributed by atoms with E-state index in [1.807, 2.05) is 65.6 Å². The van der Waals surface area contributed by atoms with Crippen LogP contribution in [0.5, 0.6) is 0 Å². The lowest BCUT2D eigenvalue weighted by atomic mass is 9.89. The average molecular weight is 409 g/mol. The minimum Gasteiger partial charge on any atom is -0.416 e. The zero-order chi connectivity index (χ0) is 21.0. The number of rotatable bonds is 4. The molecule has 2 heterocycles. The van der Waals surface area contributed by atoms with E-state index in [9.17, 15) is 4.79 Å². The number of hydrogen-bond acceptors (Lipinski definition) is 4. The monoisotopic (exact) mass is 409 g/mol. The zero-order valence-electron chi connectivity index (χ0n) is 17.1. The highest BCUT2D eigenvalue weighted by Gasteiger charge is 2.24. The maximum atomic E-state index is 13.0. The summed E-state index contributed by atoms with van der Waals surface area (Å²) in [5.41, 5.74) is 3.74. The molecule has 1 fully saturated rings. The van der Waals surface area contributed by atoms with E-state index in [4.69, 9.17) is 4.42 Å². The van der Waals surface area contributed by atoms with E-state index in [2.05, 4.69) is 34.5 Å². The second-order valence-corrected chi connectivity index (χ2v) is 7.83. The lowest BCUT2D eigenvalue weighted by Crippen LogP contribution is -2.37. The number of aromatic nitrogens is 2. The van der Waals surface area contributed by atoms with Crippen molar-refractivity contribution in [2.75, 3.05) is 13.1 Å². The predicted molar refractivity (Wildman–Crippen MR) is 119 cm³/mol. The Labute approximate surface area is 181 Å². The van der Waals surface area contributed by atoms with Crippen LogP contribution in [0.25, 0.3) is 22.9 Å². The fourth-order valence-corrected chi connectivity index (χ4v) is 4.12. The summed E-state index contributed by atoms with van der Waals surface area (Å²) in [5.74, 6) is 1.54. The number of benzene rings is 3. The minimum atomic E-state index is 0.0774. The second-order valence-electron chi connectivity index (χ2n) is 7.83. The number of piperidine rings is 1. The van der Waals surface area contributed by atoms with Crippen LogP contribution in [-0.4, -0.2) is 34.1 Å². The van der Waals surface area contributed by atoms with Crippen molar-refractivity contribution in [1.82, 2.24) is 15.1 Å². The van der Waals surface area contributed by atoms with Crippen LogP contribution < -0.4 is 0 Å². The summed E-state index contributed by atoms with van der Waals surface area (Å²) in [7, 11) is 0. The van der Waals surface area contributed by atoms with Gasteiger partial charge in [0.05, 0.1) is 0 Å². The number of amides is 1. The van der Waals surface area contributed by atoms with Crippen molar-refractivity contribution in [2.24, 2.45) is 0 Å². The first-order chi connectivity index (χ1) is 15.3. The van der Waals surface area contributed by atoms with Gasteiger partial charge in [-0.1, -0.05) is 48.5 Å². The molecular formula is C26H23N3O2. The first-order valence-electron chi connectivity index (χ1n) is 10.6. The molecule has 5 heteroatoms. The van der Waals surface area contributed by atoms with Gasteiger partial charge < -0.3 is 9.32 Å². The van der Waals surface area contributed by atoms with Gasteiger partial charge in [-0.05, 0) is 60.7 Å². The second kappa shape index (κ2) is 8.56. The molecule has 5 nitrogen and oxygen atoms in total. The van der Waals surface area contributed by atoms with Crippen LogP contribution in [0.4, 0.5) is 0 Å². The molecule has 1 aromatic heterocycles. The summed E-state index contributed by atoms with van der Waals surface area (Å²) in [6.45, 7) is 1.56. The third-order valence-corrected chi connectivity index (χ3v) is 5.88. The van der Waals surface area contributed by atoms with Gasteiger partial charge >= 0.3 is 0 Å². The molecule has 5 rings (SSSR count). The van der Waals surface area contributed by atoms with Crippen LogP contribution in [0.15, 0.2) is 89.3 Å². The van der Waals surface area contributed by atoms with Crippen LogP contribution in [0.3, 0.4) is 0 Å². The smallest absolute Gasteiger partial charge is 0.253 e. The molecule has 0 saturated carbocycles. The standard InChI is InChI=1S/C26H23N3O2/c30-26(29-17-15-20(16-18-29)19-7-3-1-4-8-19)23-13-11-22(12-14-23)25-28-27-24(31-25)21-9-5-2-6-10-21/h1-14,20H,15-18H2. The molecule has 0 bridgehead atoms. The lowest BCUT2D eigenvalue weighted by molar-refractivity contribution is 0.0713. The average Bonchev–Trinajstić information content (AvgIpc) is 3.35. The Morgan fingerprint density at radius 3 is 1.90 bits per heavy atom. The molecular weight excluding hydrogens is 386 g/mol. The van der Waals surface area contributed by atoms with Gasteiger partial charge in [-0.25, -0.2) is 0 Å². The largest absolute Gasteiger partial charge is 0.416 e. The molecule has 0 spiro atoms. The van der Waals surface area contributed by atoms with Gasteiger partial charge in [-0.15, -0.1) is 10.2 Å². The van der Waals surface area contributed by atoms with Crippen molar-refractivity contribution in [1.29, 1.82) is 0 Å². The van der Waals surface area contributed by atoms with Crippen molar-refractivity contribution in [3.8, 4) is 22.9 Å². The Balaban J connectivity index is 1.24. The third kappa shape index (κ3) is 4.12. The van der Waals surface area contributed by atoms with Crippen LogP contribution in [0, 0.1) is 0 Å². The molecule has 0 N–H and O–H groups in total. The molecule has 0 aliphatic carbocycles. The number of likely N-dealkylation sites (tertiary alicyclic amines) is 1. The molecule has 4 aromatic rings. The first-order valence-corrected chi connectivity index (χ1v) is 10.6. The molecule has 1 saturated heterocycles. The highest BCUT2D eigenvalue weighted by atomic mass is 16.4. The Morgan fingerprint density at radius 1 is 0.742 bits per heavy atom. The molecule has 31 heavy (non-hydrogen) atoms. The van der Waals surface area contributed by atoms with E-state index in [1.165, 1.54) is 5.56 Å². The summed E-state index contributed by atoms with van der Waals surface area (Å²) < 4.78 is 5.81. The summed E-state index contributed by atoms with van der Waals surface area (Å²) >= 11 is 0. The SMILES string of the molecule is O=C(c1ccc(-c2nnc(-c3ccccc3)o2)cc1)N1CCC(c2ccccc2)CC1. The van der Waals surface area contributed by atoms with Gasteiger partial charge in [-0.3, -0.25) is 4.79 Å². The predicted octanol–water partition coefficient (Wildman–Crippen LogP) is 5.42. The van der Waals surface area contributed by atoms with Crippen molar-refractivity contribution in [3.63, 3.8) is 0 Å². The molecule has 3 aromatic carbocycles. The normalized spacial score (nSPS) is 14.5. The van der Waals surface area contributed by atoms with Crippen molar-refractivity contribution < 1.29 is 9.21 Å². The van der Waals surface area contributed by atoms with E-state index in [1.54, 1.807) is 0 Å². The van der Waals surface area contributed by atoms with Gasteiger partial charge in [0.15, 0.2) is 0 Å². The van der Waals surface area contributed by atoms with Gasteiger partial charge in [-0.2, -0.15) is 0 Å². The quantitative estimate of drug-likeness (QED) is 0.451. The minimum absolute atomic E-state index is 0.0774. The molecule has 1 aliphatic rings. The van der Waals surface area contributed by atoms with Crippen LogP contribution in [0.2, 0.25) is 0 Å². The Bertz CT molecular complexity index is 1150. The van der Waals surface area contributed by atoms with Gasteiger partial charge in [0, 0.05) is 29.8 Å². The Kier molecular flexibility index (Phi) is 5.31. The summed E-state index contributed by atoms with van der Waals surface area (Å²) in [5, 5.41) is 8.29. The maximum absolute atomic E-state index is 13.0. The van der Waals surface area contributed by atoms with Crippen molar-refractivity contribution >= 4 is 5.91 Å². The number of hydrogen-bond donors (Lipinski definition) is 0. The van der Waals surface area contributed by atoms with Gasteiger partial charge in [0.25, 0.3) is 5.91 Å². The Morgan fingerprint density at radius 2 is 1.29 bits per heavy atom.